The molecule has 1 aromatic heterocycles. The Kier molecular flexibility index (Phi) is 4.67. The zero-order chi connectivity index (χ0) is 12.7. The average molecular weight is 238 g/mol. The van der Waals surface area contributed by atoms with Crippen LogP contribution in [-0.4, -0.2) is 42.0 Å². The van der Waals surface area contributed by atoms with Gasteiger partial charge in [0, 0.05) is 20.1 Å². The molecular formula is C9H14N6O2. The normalized spacial score (nSPS) is 9.47. The van der Waals surface area contributed by atoms with E-state index in [2.05, 4.69) is 25.9 Å². The minimum absolute atomic E-state index is 0.211. The van der Waals surface area contributed by atoms with Gasteiger partial charge in [0.2, 0.25) is 0 Å². The predicted molar refractivity (Wildman–Crippen MR) is 61.5 cm³/mol. The fraction of sp³-hybridized carbons (Fsp3) is 0.333. The van der Waals surface area contributed by atoms with Crippen molar-refractivity contribution < 1.29 is 9.59 Å². The number of nitrogens with zero attached hydrogens (tertiary/aromatic N) is 2. The van der Waals surface area contributed by atoms with Crippen LogP contribution in [0.15, 0.2) is 12.4 Å². The highest BCUT2D eigenvalue weighted by Crippen LogP contribution is 1.98. The zero-order valence-electron chi connectivity index (χ0n) is 9.36. The van der Waals surface area contributed by atoms with E-state index in [0.717, 1.165) is 0 Å². The van der Waals surface area contributed by atoms with Crippen LogP contribution in [0.5, 0.6) is 0 Å². The van der Waals surface area contributed by atoms with E-state index < -0.39 is 6.03 Å². The number of carbonyl (C=O) groups is 2. The summed E-state index contributed by atoms with van der Waals surface area (Å²) in [6, 6.07) is -0.627. The molecule has 1 heterocycles. The van der Waals surface area contributed by atoms with E-state index in [9.17, 15) is 9.59 Å². The van der Waals surface area contributed by atoms with Gasteiger partial charge in [-0.2, -0.15) is 0 Å². The standard InChI is InChI=1S/C9H14N6O2/c1-11-7-5-14-6(4-15-7)8(16)12-2-3-13-9(10)17/h4-5H,2-3H2,1H3,(H,11,15)(H,12,16)(H3,10,13,17). The number of anilines is 1. The Bertz CT molecular complexity index is 391. The van der Waals surface area contributed by atoms with Crippen LogP contribution in [0.3, 0.4) is 0 Å². The smallest absolute Gasteiger partial charge is 0.312 e. The van der Waals surface area contributed by atoms with Crippen LogP contribution in [0.25, 0.3) is 0 Å². The van der Waals surface area contributed by atoms with Gasteiger partial charge in [0.05, 0.1) is 12.4 Å². The van der Waals surface area contributed by atoms with E-state index in [-0.39, 0.29) is 24.7 Å². The van der Waals surface area contributed by atoms with E-state index in [1.54, 1.807) is 7.05 Å². The van der Waals surface area contributed by atoms with Gasteiger partial charge >= 0.3 is 6.03 Å². The van der Waals surface area contributed by atoms with Crippen molar-refractivity contribution in [3.63, 3.8) is 0 Å². The Morgan fingerprint density at radius 1 is 1.24 bits per heavy atom. The number of aromatic nitrogens is 2. The van der Waals surface area contributed by atoms with Gasteiger partial charge in [-0.15, -0.1) is 0 Å². The Labute approximate surface area is 98.0 Å². The molecule has 0 spiro atoms. The second kappa shape index (κ2) is 6.26. The van der Waals surface area contributed by atoms with Gasteiger partial charge in [-0.1, -0.05) is 0 Å². The van der Waals surface area contributed by atoms with Gasteiger partial charge in [0.1, 0.15) is 11.5 Å². The molecule has 5 N–H and O–H groups in total. The number of hydrogen-bond acceptors (Lipinski definition) is 5. The molecule has 92 valence electrons. The van der Waals surface area contributed by atoms with Gasteiger partial charge < -0.3 is 21.7 Å². The van der Waals surface area contributed by atoms with Crippen LogP contribution in [-0.2, 0) is 0 Å². The summed E-state index contributed by atoms with van der Waals surface area (Å²) in [5.41, 5.74) is 5.07. The summed E-state index contributed by atoms with van der Waals surface area (Å²) in [5, 5.41) is 7.70. The molecule has 0 saturated heterocycles. The summed E-state index contributed by atoms with van der Waals surface area (Å²) < 4.78 is 0. The summed E-state index contributed by atoms with van der Waals surface area (Å²) in [6.07, 6.45) is 2.82. The molecule has 0 saturated carbocycles. The minimum atomic E-state index is -0.627. The molecule has 17 heavy (non-hydrogen) atoms. The molecule has 8 heteroatoms. The van der Waals surface area contributed by atoms with Crippen molar-refractivity contribution >= 4 is 17.8 Å². The number of rotatable bonds is 5. The molecule has 0 bridgehead atoms. The molecule has 1 rings (SSSR count). The van der Waals surface area contributed by atoms with Crippen molar-refractivity contribution in [1.29, 1.82) is 0 Å². The molecule has 0 atom stereocenters. The number of amides is 3. The van der Waals surface area contributed by atoms with Crippen LogP contribution in [0, 0.1) is 0 Å². The summed E-state index contributed by atoms with van der Waals surface area (Å²) in [6.45, 7) is 0.542. The number of nitrogens with two attached hydrogens (primary N) is 1. The molecule has 8 nitrogen and oxygen atoms in total. The van der Waals surface area contributed by atoms with Gasteiger partial charge in [0.25, 0.3) is 5.91 Å². The van der Waals surface area contributed by atoms with Crippen molar-refractivity contribution in [3.05, 3.63) is 18.1 Å². The Morgan fingerprint density at radius 3 is 2.47 bits per heavy atom. The van der Waals surface area contributed by atoms with Gasteiger partial charge in [-0.3, -0.25) is 4.79 Å². The van der Waals surface area contributed by atoms with Crippen molar-refractivity contribution in [2.24, 2.45) is 5.73 Å². The molecule has 0 fully saturated rings. The maximum Gasteiger partial charge on any atom is 0.312 e. The maximum absolute atomic E-state index is 11.5. The van der Waals surface area contributed by atoms with Crippen LogP contribution >= 0.6 is 0 Å². The Hall–Kier alpha value is -2.38. The van der Waals surface area contributed by atoms with E-state index in [1.807, 2.05) is 0 Å². The van der Waals surface area contributed by atoms with E-state index in [4.69, 9.17) is 5.73 Å². The molecular weight excluding hydrogens is 224 g/mol. The molecule has 0 aliphatic heterocycles. The summed E-state index contributed by atoms with van der Waals surface area (Å²) >= 11 is 0. The number of urea groups is 1. The molecule has 0 radical (unpaired) electrons. The van der Waals surface area contributed by atoms with Crippen LogP contribution < -0.4 is 21.7 Å². The first-order valence-corrected chi connectivity index (χ1v) is 4.94. The maximum atomic E-state index is 11.5. The predicted octanol–water partition coefficient (Wildman–Crippen LogP) is -1.08. The number of nitrogens with one attached hydrogen (secondary N) is 3. The number of primary amides is 1. The molecule has 3 amide bonds. The van der Waals surface area contributed by atoms with Crippen LogP contribution in [0.1, 0.15) is 10.5 Å². The Morgan fingerprint density at radius 2 is 1.94 bits per heavy atom. The third kappa shape index (κ3) is 4.33. The van der Waals surface area contributed by atoms with Gasteiger partial charge in [-0.25, -0.2) is 14.8 Å². The first-order valence-electron chi connectivity index (χ1n) is 4.94. The minimum Gasteiger partial charge on any atom is -0.372 e. The lowest BCUT2D eigenvalue weighted by atomic mass is 10.4. The molecule has 0 aliphatic rings. The van der Waals surface area contributed by atoms with Gasteiger partial charge in [0.15, 0.2) is 0 Å². The number of hydrogen-bond donors (Lipinski definition) is 4. The van der Waals surface area contributed by atoms with Crippen LogP contribution in [0.4, 0.5) is 10.6 Å². The molecule has 0 unspecified atom stereocenters. The highest BCUT2D eigenvalue weighted by Gasteiger charge is 2.06. The van der Waals surface area contributed by atoms with Crippen molar-refractivity contribution in [2.75, 3.05) is 25.5 Å². The summed E-state index contributed by atoms with van der Waals surface area (Å²) in [7, 11) is 1.71. The molecule has 1 aromatic rings. The summed E-state index contributed by atoms with van der Waals surface area (Å²) in [4.78, 5) is 29.7. The monoisotopic (exact) mass is 238 g/mol. The largest absolute Gasteiger partial charge is 0.372 e. The first-order chi connectivity index (χ1) is 8.13. The van der Waals surface area contributed by atoms with E-state index in [1.165, 1.54) is 12.4 Å². The average Bonchev–Trinajstić information content (AvgIpc) is 2.34. The lowest BCUT2D eigenvalue weighted by Crippen LogP contribution is -2.37. The van der Waals surface area contributed by atoms with Crippen molar-refractivity contribution in [2.45, 2.75) is 0 Å². The quantitative estimate of drug-likeness (QED) is 0.486. The van der Waals surface area contributed by atoms with Crippen molar-refractivity contribution in [1.82, 2.24) is 20.6 Å². The van der Waals surface area contributed by atoms with Gasteiger partial charge in [-0.05, 0) is 0 Å². The first kappa shape index (κ1) is 12.7. The lowest BCUT2D eigenvalue weighted by Gasteiger charge is -2.05. The lowest BCUT2D eigenvalue weighted by molar-refractivity contribution is 0.0948. The Balaban J connectivity index is 2.38. The highest BCUT2D eigenvalue weighted by molar-refractivity contribution is 5.92. The second-order valence-electron chi connectivity index (χ2n) is 3.08. The third-order valence-electron chi connectivity index (χ3n) is 1.85. The molecule has 0 aliphatic carbocycles. The fourth-order valence-electron chi connectivity index (χ4n) is 1.03. The van der Waals surface area contributed by atoms with Crippen molar-refractivity contribution in [3.8, 4) is 0 Å². The van der Waals surface area contributed by atoms with Crippen LogP contribution in [0.2, 0.25) is 0 Å². The topological polar surface area (TPSA) is 122 Å². The van der Waals surface area contributed by atoms with E-state index >= 15 is 0 Å². The number of carbonyl (C=O) groups excluding carboxylic acids is 2. The van der Waals surface area contributed by atoms with E-state index in [0.29, 0.717) is 5.82 Å². The molecule has 0 aromatic carbocycles. The zero-order valence-corrected chi connectivity index (χ0v) is 9.36. The fourth-order valence-corrected chi connectivity index (χ4v) is 1.03. The second-order valence-corrected chi connectivity index (χ2v) is 3.08. The third-order valence-corrected chi connectivity index (χ3v) is 1.85. The SMILES string of the molecule is CNc1cnc(C(=O)NCCNC(N)=O)cn1. The highest BCUT2D eigenvalue weighted by atomic mass is 16.2. The summed E-state index contributed by atoms with van der Waals surface area (Å²) in [5.74, 6) is 0.225.